The Hall–Kier alpha value is -3.06. The summed E-state index contributed by atoms with van der Waals surface area (Å²) in [6.45, 7) is 0.576. The number of benzene rings is 1. The molecule has 1 unspecified atom stereocenters. The summed E-state index contributed by atoms with van der Waals surface area (Å²) in [7, 11) is 0. The molecule has 0 bridgehead atoms. The fraction of sp³-hybridized carbons (Fsp3) is 0.200. The van der Waals surface area contributed by atoms with Crippen LogP contribution < -0.4 is 5.32 Å². The van der Waals surface area contributed by atoms with Gasteiger partial charge in [-0.25, -0.2) is 4.98 Å². The Bertz CT molecular complexity index is 995. The van der Waals surface area contributed by atoms with Crippen LogP contribution >= 0.6 is 11.3 Å². The molecule has 3 aromatic rings. The minimum atomic E-state index is -0.461. The molecule has 136 valence electrons. The molecule has 0 saturated carbocycles. The Balaban J connectivity index is 1.49. The molecule has 4 rings (SSSR count). The molecular formula is C20H18N4O2S. The summed E-state index contributed by atoms with van der Waals surface area (Å²) in [5, 5.41) is 6.16. The van der Waals surface area contributed by atoms with E-state index in [9.17, 15) is 9.59 Å². The van der Waals surface area contributed by atoms with Crippen LogP contribution in [-0.4, -0.2) is 39.3 Å². The average molecular weight is 378 g/mol. The number of thiazole rings is 1. The number of para-hydroxylation sites is 1. The van der Waals surface area contributed by atoms with Gasteiger partial charge in [0.05, 0.1) is 5.52 Å². The van der Waals surface area contributed by atoms with Crippen LogP contribution in [-0.2, 0) is 9.59 Å². The molecule has 3 heterocycles. The lowest BCUT2D eigenvalue weighted by atomic mass is 10.1. The predicted octanol–water partition coefficient (Wildman–Crippen LogP) is 3.33. The third-order valence-electron chi connectivity index (χ3n) is 4.57. The highest BCUT2D eigenvalue weighted by Crippen LogP contribution is 2.22. The lowest BCUT2D eigenvalue weighted by Crippen LogP contribution is -2.42. The number of amides is 2. The molecule has 6 nitrogen and oxygen atoms in total. The van der Waals surface area contributed by atoms with Gasteiger partial charge < -0.3 is 10.2 Å². The van der Waals surface area contributed by atoms with Gasteiger partial charge in [0.2, 0.25) is 11.8 Å². The predicted molar refractivity (Wildman–Crippen MR) is 106 cm³/mol. The first-order valence-electron chi connectivity index (χ1n) is 8.75. The Morgan fingerprint density at radius 3 is 2.93 bits per heavy atom. The fourth-order valence-corrected chi connectivity index (χ4v) is 3.83. The molecule has 0 spiro atoms. The first kappa shape index (κ1) is 17.4. The number of nitrogens with zero attached hydrogens (tertiary/aromatic N) is 3. The van der Waals surface area contributed by atoms with E-state index in [0.717, 1.165) is 22.9 Å². The second kappa shape index (κ2) is 7.67. The number of nitrogens with one attached hydrogen (secondary N) is 1. The summed E-state index contributed by atoms with van der Waals surface area (Å²) in [6, 6.07) is 9.26. The third kappa shape index (κ3) is 3.73. The first-order valence-corrected chi connectivity index (χ1v) is 9.63. The highest BCUT2D eigenvalue weighted by molar-refractivity contribution is 7.13. The van der Waals surface area contributed by atoms with E-state index in [-0.39, 0.29) is 11.8 Å². The molecule has 1 fully saturated rings. The molecule has 2 amide bonds. The maximum absolute atomic E-state index is 12.7. The number of carbonyl (C=O) groups is 2. The number of hydrogen-bond donors (Lipinski definition) is 1. The van der Waals surface area contributed by atoms with Crippen LogP contribution in [0, 0.1) is 0 Å². The van der Waals surface area contributed by atoms with Crippen molar-refractivity contribution in [2.24, 2.45) is 0 Å². The molecule has 2 aromatic heterocycles. The maximum Gasteiger partial charge on any atom is 0.248 e. The Labute approximate surface area is 160 Å². The molecule has 1 aromatic carbocycles. The van der Waals surface area contributed by atoms with E-state index in [4.69, 9.17) is 0 Å². The molecule has 27 heavy (non-hydrogen) atoms. The zero-order chi connectivity index (χ0) is 18.6. The van der Waals surface area contributed by atoms with Crippen LogP contribution in [0.1, 0.15) is 18.4 Å². The Morgan fingerprint density at radius 2 is 2.07 bits per heavy atom. The minimum Gasteiger partial charge on any atom is -0.327 e. The monoisotopic (exact) mass is 378 g/mol. The van der Waals surface area contributed by atoms with Gasteiger partial charge in [0.15, 0.2) is 5.13 Å². The summed E-state index contributed by atoms with van der Waals surface area (Å²) >= 11 is 1.36. The van der Waals surface area contributed by atoms with Crippen LogP contribution in [0.25, 0.3) is 17.0 Å². The van der Waals surface area contributed by atoms with Crippen LogP contribution in [0.5, 0.6) is 0 Å². The maximum atomic E-state index is 12.7. The second-order valence-electron chi connectivity index (χ2n) is 6.27. The molecule has 1 atom stereocenters. The summed E-state index contributed by atoms with van der Waals surface area (Å²) in [4.78, 5) is 35.3. The van der Waals surface area contributed by atoms with E-state index in [0.29, 0.717) is 18.1 Å². The van der Waals surface area contributed by atoms with Gasteiger partial charge in [-0.2, -0.15) is 0 Å². The topological polar surface area (TPSA) is 75.2 Å². The molecular weight excluding hydrogens is 360 g/mol. The van der Waals surface area contributed by atoms with Crippen LogP contribution in [0.4, 0.5) is 5.13 Å². The Kier molecular flexibility index (Phi) is 4.93. The van der Waals surface area contributed by atoms with Crippen molar-refractivity contribution in [3.05, 3.63) is 59.7 Å². The van der Waals surface area contributed by atoms with Gasteiger partial charge in [-0.3, -0.25) is 14.6 Å². The molecule has 0 aliphatic carbocycles. The van der Waals surface area contributed by atoms with E-state index < -0.39 is 6.04 Å². The summed E-state index contributed by atoms with van der Waals surface area (Å²) in [5.74, 6) is -0.351. The average Bonchev–Trinajstić information content (AvgIpc) is 3.38. The first-order chi connectivity index (χ1) is 13.2. The highest BCUT2D eigenvalue weighted by Gasteiger charge is 2.33. The number of likely N-dealkylation sites (tertiary alicyclic amines) is 1. The largest absolute Gasteiger partial charge is 0.327 e. The minimum absolute atomic E-state index is 0.167. The summed E-state index contributed by atoms with van der Waals surface area (Å²) < 4.78 is 0. The highest BCUT2D eigenvalue weighted by atomic mass is 32.1. The van der Waals surface area contributed by atoms with Crippen molar-refractivity contribution >= 4 is 45.3 Å². The molecule has 7 heteroatoms. The van der Waals surface area contributed by atoms with Crippen molar-refractivity contribution in [1.29, 1.82) is 0 Å². The molecule has 1 aliphatic heterocycles. The van der Waals surface area contributed by atoms with E-state index in [1.165, 1.54) is 17.4 Å². The molecule has 0 radical (unpaired) electrons. The van der Waals surface area contributed by atoms with E-state index >= 15 is 0 Å². The van der Waals surface area contributed by atoms with Gasteiger partial charge in [-0.15, -0.1) is 11.3 Å². The number of aromatic nitrogens is 2. The summed E-state index contributed by atoms with van der Waals surface area (Å²) in [5.41, 5.74) is 1.73. The van der Waals surface area contributed by atoms with Crippen LogP contribution in [0.2, 0.25) is 0 Å². The standard InChI is InChI=1S/C20H18N4O2S/c25-17(9-8-15-5-1-4-14-6-2-10-21-18(14)15)24-12-3-7-16(24)19(26)23-20-22-11-13-27-20/h1-2,4-6,8-11,13,16H,3,7,12H2,(H,22,23,26)/b9-8+. The van der Waals surface area contributed by atoms with Crippen molar-refractivity contribution in [3.8, 4) is 0 Å². The lowest BCUT2D eigenvalue weighted by molar-refractivity contribution is -0.132. The van der Waals surface area contributed by atoms with Crippen molar-refractivity contribution in [2.75, 3.05) is 11.9 Å². The van der Waals surface area contributed by atoms with Crippen molar-refractivity contribution in [3.63, 3.8) is 0 Å². The number of anilines is 1. The quantitative estimate of drug-likeness (QED) is 0.707. The van der Waals surface area contributed by atoms with Crippen LogP contribution in [0.15, 0.2) is 54.2 Å². The zero-order valence-electron chi connectivity index (χ0n) is 14.5. The molecule has 1 aliphatic rings. The van der Waals surface area contributed by atoms with Gasteiger partial charge in [0.25, 0.3) is 0 Å². The smallest absolute Gasteiger partial charge is 0.248 e. The number of fused-ring (bicyclic) bond motifs is 1. The van der Waals surface area contributed by atoms with E-state index in [1.807, 2.05) is 30.3 Å². The van der Waals surface area contributed by atoms with Crippen molar-refractivity contribution < 1.29 is 9.59 Å². The van der Waals surface area contributed by atoms with E-state index in [1.54, 1.807) is 28.7 Å². The zero-order valence-corrected chi connectivity index (χ0v) is 15.4. The van der Waals surface area contributed by atoms with Gasteiger partial charge >= 0.3 is 0 Å². The van der Waals surface area contributed by atoms with Crippen LogP contribution in [0.3, 0.4) is 0 Å². The number of pyridine rings is 1. The molecule has 1 saturated heterocycles. The number of carbonyl (C=O) groups excluding carboxylic acids is 2. The molecule has 1 N–H and O–H groups in total. The number of hydrogen-bond acceptors (Lipinski definition) is 5. The van der Waals surface area contributed by atoms with Crippen molar-refractivity contribution in [2.45, 2.75) is 18.9 Å². The number of rotatable bonds is 4. The van der Waals surface area contributed by atoms with Gasteiger partial charge in [-0.05, 0) is 25.0 Å². The van der Waals surface area contributed by atoms with E-state index in [2.05, 4.69) is 15.3 Å². The Morgan fingerprint density at radius 1 is 1.19 bits per heavy atom. The SMILES string of the molecule is O=C(Nc1nccs1)C1CCCN1C(=O)/C=C/c1cccc2cccnc12. The van der Waals surface area contributed by atoms with Crippen molar-refractivity contribution in [1.82, 2.24) is 14.9 Å². The lowest BCUT2D eigenvalue weighted by Gasteiger charge is -2.22. The third-order valence-corrected chi connectivity index (χ3v) is 5.26. The van der Waals surface area contributed by atoms with Gasteiger partial charge in [0.1, 0.15) is 6.04 Å². The normalized spacial score (nSPS) is 16.9. The second-order valence-corrected chi connectivity index (χ2v) is 7.17. The summed E-state index contributed by atoms with van der Waals surface area (Å²) in [6.07, 6.45) is 8.14. The fourth-order valence-electron chi connectivity index (χ4n) is 3.30. The van der Waals surface area contributed by atoms with Gasteiger partial charge in [0, 0.05) is 41.3 Å². The van der Waals surface area contributed by atoms with Gasteiger partial charge in [-0.1, -0.05) is 24.3 Å².